The minimum Gasteiger partial charge on any atom is -0.494 e. The molecule has 1 atom stereocenters. The summed E-state index contributed by atoms with van der Waals surface area (Å²) >= 11 is 0. The Balaban J connectivity index is 1.42. The monoisotopic (exact) mass is 438 g/mol. The highest BCUT2D eigenvalue weighted by Gasteiger charge is 2.28. The molecule has 30 heavy (non-hydrogen) atoms. The van der Waals surface area contributed by atoms with Gasteiger partial charge in [0.2, 0.25) is 10.0 Å². The second-order valence-electron chi connectivity index (χ2n) is 7.26. The second-order valence-corrected chi connectivity index (χ2v) is 8.95. The molecule has 0 amide bonds. The van der Waals surface area contributed by atoms with Crippen molar-refractivity contribution in [1.82, 2.24) is 9.62 Å². The average molecular weight is 438 g/mol. The smallest absolute Gasteiger partial charge is 0.243 e. The largest absolute Gasteiger partial charge is 0.494 e. The summed E-state index contributed by atoms with van der Waals surface area (Å²) < 4.78 is 59.7. The summed E-state index contributed by atoms with van der Waals surface area (Å²) in [6.07, 6.45) is 1.36. The lowest BCUT2D eigenvalue weighted by atomic mass is 10.1. The van der Waals surface area contributed by atoms with Gasteiger partial charge in [0, 0.05) is 30.8 Å². The molecule has 0 saturated carbocycles. The molecule has 1 unspecified atom stereocenters. The van der Waals surface area contributed by atoms with E-state index >= 15 is 0 Å². The Hall–Kier alpha value is -2.36. The number of halogens is 2. The number of benzene rings is 2. The Morgan fingerprint density at radius 2 is 1.93 bits per heavy atom. The van der Waals surface area contributed by atoms with Gasteiger partial charge in [-0.2, -0.15) is 0 Å². The van der Waals surface area contributed by atoms with Crippen LogP contribution in [0, 0.1) is 11.6 Å². The van der Waals surface area contributed by atoms with Crippen molar-refractivity contribution >= 4 is 15.8 Å². The Bertz CT molecular complexity index is 997. The third kappa shape index (κ3) is 5.84. The Morgan fingerprint density at radius 3 is 2.60 bits per heavy atom. The molecule has 0 spiro atoms. The van der Waals surface area contributed by atoms with Crippen LogP contribution < -0.4 is 9.46 Å². The molecule has 3 rings (SSSR count). The molecule has 1 heterocycles. The lowest BCUT2D eigenvalue weighted by Crippen LogP contribution is -2.37. The number of sulfonamides is 1. The lowest BCUT2D eigenvalue weighted by Gasteiger charge is -2.17. The quantitative estimate of drug-likeness (QED) is 0.481. The van der Waals surface area contributed by atoms with Crippen LogP contribution in [0.2, 0.25) is 0 Å². The molecule has 0 radical (unpaired) electrons. The summed E-state index contributed by atoms with van der Waals surface area (Å²) in [4.78, 5) is 12.8. The summed E-state index contributed by atoms with van der Waals surface area (Å²) in [6.45, 7) is 3.96. The highest BCUT2D eigenvalue weighted by atomic mass is 32.2. The van der Waals surface area contributed by atoms with E-state index in [1.54, 1.807) is 24.3 Å². The molecule has 9 heteroatoms. The molecule has 2 aromatic carbocycles. The fraction of sp³-hybridized carbons (Fsp3) is 0.381. The molecule has 0 aliphatic carbocycles. The predicted octanol–water partition coefficient (Wildman–Crippen LogP) is 2.99. The van der Waals surface area contributed by atoms with Crippen molar-refractivity contribution in [3.05, 3.63) is 59.7 Å². The standard InChI is InChI=1S/C21H24F2N2O4S/c1-15(26)16-3-6-19(7-4-16)29-12-2-10-25-11-9-18(14-25)24-30(27,28)21-8-5-17(22)13-20(21)23/h3-8,13,18,24H,2,9-12,14H2,1H3. The number of ether oxygens (including phenoxy) is 1. The van der Waals surface area contributed by atoms with Gasteiger partial charge in [0.1, 0.15) is 22.3 Å². The number of ketones is 1. The Kier molecular flexibility index (Phi) is 7.17. The first kappa shape index (κ1) is 22.3. The van der Waals surface area contributed by atoms with Gasteiger partial charge in [0.15, 0.2) is 5.78 Å². The van der Waals surface area contributed by atoms with Gasteiger partial charge < -0.3 is 9.64 Å². The van der Waals surface area contributed by atoms with E-state index < -0.39 is 26.6 Å². The van der Waals surface area contributed by atoms with Crippen LogP contribution in [0.1, 0.15) is 30.1 Å². The molecule has 6 nitrogen and oxygen atoms in total. The first-order valence-corrected chi connectivity index (χ1v) is 11.2. The average Bonchev–Trinajstić information content (AvgIpc) is 3.11. The van der Waals surface area contributed by atoms with E-state index in [0.29, 0.717) is 43.5 Å². The van der Waals surface area contributed by atoms with Gasteiger partial charge in [-0.3, -0.25) is 4.79 Å². The Labute approximate surface area is 174 Å². The van der Waals surface area contributed by atoms with Crippen LogP contribution in [0.5, 0.6) is 5.75 Å². The molecule has 2 aromatic rings. The highest BCUT2D eigenvalue weighted by Crippen LogP contribution is 2.18. The number of rotatable bonds is 9. The summed E-state index contributed by atoms with van der Waals surface area (Å²) in [7, 11) is -4.05. The molecule has 0 bridgehead atoms. The summed E-state index contributed by atoms with van der Waals surface area (Å²) in [5, 5.41) is 0. The topological polar surface area (TPSA) is 75.7 Å². The normalized spacial score (nSPS) is 17.2. The third-order valence-corrected chi connectivity index (χ3v) is 6.48. The van der Waals surface area contributed by atoms with Crippen molar-refractivity contribution < 1.29 is 26.7 Å². The van der Waals surface area contributed by atoms with Gasteiger partial charge in [0.05, 0.1) is 6.61 Å². The van der Waals surface area contributed by atoms with E-state index in [4.69, 9.17) is 4.74 Å². The van der Waals surface area contributed by atoms with Gasteiger partial charge in [-0.25, -0.2) is 21.9 Å². The minimum atomic E-state index is -4.05. The molecule has 162 valence electrons. The van der Waals surface area contributed by atoms with Gasteiger partial charge >= 0.3 is 0 Å². The second kappa shape index (κ2) is 9.63. The third-order valence-electron chi connectivity index (χ3n) is 4.93. The van der Waals surface area contributed by atoms with Crippen LogP contribution in [0.4, 0.5) is 8.78 Å². The zero-order valence-electron chi connectivity index (χ0n) is 16.6. The molecule has 1 fully saturated rings. The van der Waals surface area contributed by atoms with Crippen molar-refractivity contribution in [2.75, 3.05) is 26.2 Å². The number of likely N-dealkylation sites (tertiary alicyclic amines) is 1. The summed E-state index contributed by atoms with van der Waals surface area (Å²) in [6, 6.07) is 9.03. The Morgan fingerprint density at radius 1 is 1.20 bits per heavy atom. The van der Waals surface area contributed by atoms with Crippen molar-refractivity contribution in [3.8, 4) is 5.75 Å². The summed E-state index contributed by atoms with van der Waals surface area (Å²) in [5.41, 5.74) is 0.633. The number of nitrogens with one attached hydrogen (secondary N) is 1. The molecular formula is C21H24F2N2O4S. The SMILES string of the molecule is CC(=O)c1ccc(OCCCN2CCC(NS(=O)(=O)c3ccc(F)cc3F)C2)cc1. The van der Waals surface area contributed by atoms with E-state index in [-0.39, 0.29) is 11.8 Å². The van der Waals surface area contributed by atoms with Gasteiger partial charge in [-0.05, 0) is 62.7 Å². The number of nitrogens with zero attached hydrogens (tertiary/aromatic N) is 1. The van der Waals surface area contributed by atoms with Crippen molar-refractivity contribution in [3.63, 3.8) is 0 Å². The predicted molar refractivity (Wildman–Crippen MR) is 108 cm³/mol. The molecular weight excluding hydrogens is 414 g/mol. The number of hydrogen-bond acceptors (Lipinski definition) is 5. The number of Topliss-reactive ketones (excluding diaryl/α,β-unsaturated/α-hetero) is 1. The van der Waals surface area contributed by atoms with Gasteiger partial charge in [-0.15, -0.1) is 0 Å². The van der Waals surface area contributed by atoms with E-state index in [1.807, 2.05) is 0 Å². The highest BCUT2D eigenvalue weighted by molar-refractivity contribution is 7.89. The van der Waals surface area contributed by atoms with Crippen molar-refractivity contribution in [2.24, 2.45) is 0 Å². The van der Waals surface area contributed by atoms with E-state index in [9.17, 15) is 22.0 Å². The fourth-order valence-electron chi connectivity index (χ4n) is 3.37. The number of carbonyl (C=O) groups excluding carboxylic acids is 1. The van der Waals surface area contributed by atoms with E-state index in [0.717, 1.165) is 25.1 Å². The summed E-state index contributed by atoms with van der Waals surface area (Å²) in [5.74, 6) is -1.24. The van der Waals surface area contributed by atoms with Crippen LogP contribution >= 0.6 is 0 Å². The van der Waals surface area contributed by atoms with Crippen LogP contribution in [-0.2, 0) is 10.0 Å². The first-order valence-electron chi connectivity index (χ1n) is 9.68. The zero-order chi connectivity index (χ0) is 21.7. The number of carbonyl (C=O) groups is 1. The van der Waals surface area contributed by atoms with Crippen molar-refractivity contribution in [2.45, 2.75) is 30.7 Å². The van der Waals surface area contributed by atoms with Crippen molar-refractivity contribution in [1.29, 1.82) is 0 Å². The molecule has 1 aliphatic heterocycles. The van der Waals surface area contributed by atoms with Crippen LogP contribution in [0.15, 0.2) is 47.4 Å². The molecule has 1 aliphatic rings. The molecule has 1 N–H and O–H groups in total. The maximum atomic E-state index is 13.8. The van der Waals surface area contributed by atoms with E-state index in [1.165, 1.54) is 6.92 Å². The lowest BCUT2D eigenvalue weighted by molar-refractivity contribution is 0.101. The van der Waals surface area contributed by atoms with E-state index in [2.05, 4.69) is 9.62 Å². The maximum Gasteiger partial charge on any atom is 0.243 e. The van der Waals surface area contributed by atoms with Crippen LogP contribution in [0.25, 0.3) is 0 Å². The molecule has 0 aromatic heterocycles. The maximum absolute atomic E-state index is 13.8. The minimum absolute atomic E-state index is 0.00271. The first-order chi connectivity index (χ1) is 14.2. The van der Waals surface area contributed by atoms with Gasteiger partial charge in [-0.1, -0.05) is 0 Å². The van der Waals surface area contributed by atoms with Crippen LogP contribution in [0.3, 0.4) is 0 Å². The number of hydrogen-bond donors (Lipinski definition) is 1. The fourth-order valence-corrected chi connectivity index (χ4v) is 4.69. The van der Waals surface area contributed by atoms with Gasteiger partial charge in [0.25, 0.3) is 0 Å². The van der Waals surface area contributed by atoms with Crippen LogP contribution in [-0.4, -0.2) is 51.4 Å². The zero-order valence-corrected chi connectivity index (χ0v) is 17.4. The molecule has 1 saturated heterocycles.